The SMILES string of the molecule is Cc1ccc(-c2nnc(-c3cccs3)o2)o1. The summed E-state index contributed by atoms with van der Waals surface area (Å²) in [4.78, 5) is 0.960. The van der Waals surface area contributed by atoms with Crippen LogP contribution in [0.3, 0.4) is 0 Å². The maximum absolute atomic E-state index is 5.52. The topological polar surface area (TPSA) is 52.1 Å². The Labute approximate surface area is 95.5 Å². The van der Waals surface area contributed by atoms with Crippen LogP contribution in [0.1, 0.15) is 5.76 Å². The van der Waals surface area contributed by atoms with Gasteiger partial charge >= 0.3 is 0 Å². The molecule has 5 heteroatoms. The second-order valence-electron chi connectivity index (χ2n) is 3.30. The lowest BCUT2D eigenvalue weighted by Crippen LogP contribution is -1.72. The molecule has 0 amide bonds. The van der Waals surface area contributed by atoms with Crippen molar-refractivity contribution >= 4 is 11.3 Å². The van der Waals surface area contributed by atoms with Gasteiger partial charge in [-0.2, -0.15) is 0 Å². The Bertz CT molecular complexity index is 595. The van der Waals surface area contributed by atoms with Gasteiger partial charge < -0.3 is 8.83 Å². The van der Waals surface area contributed by atoms with Gasteiger partial charge in [0.05, 0.1) is 4.88 Å². The maximum atomic E-state index is 5.52. The Morgan fingerprint density at radius 3 is 2.62 bits per heavy atom. The third-order valence-electron chi connectivity index (χ3n) is 2.11. The highest BCUT2D eigenvalue weighted by atomic mass is 32.1. The van der Waals surface area contributed by atoms with Crippen molar-refractivity contribution in [2.45, 2.75) is 6.92 Å². The zero-order valence-corrected chi connectivity index (χ0v) is 9.32. The number of rotatable bonds is 2. The van der Waals surface area contributed by atoms with Gasteiger partial charge in [-0.3, -0.25) is 0 Å². The molecule has 3 rings (SSSR count). The average molecular weight is 232 g/mol. The molecule has 0 spiro atoms. The summed E-state index contributed by atoms with van der Waals surface area (Å²) in [7, 11) is 0. The van der Waals surface area contributed by atoms with Crippen LogP contribution in [0.5, 0.6) is 0 Å². The lowest BCUT2D eigenvalue weighted by Gasteiger charge is -1.87. The van der Waals surface area contributed by atoms with Crippen molar-refractivity contribution in [1.82, 2.24) is 10.2 Å². The molecule has 16 heavy (non-hydrogen) atoms. The van der Waals surface area contributed by atoms with Crippen LogP contribution < -0.4 is 0 Å². The monoisotopic (exact) mass is 232 g/mol. The van der Waals surface area contributed by atoms with Crippen LogP contribution in [0.25, 0.3) is 22.4 Å². The summed E-state index contributed by atoms with van der Waals surface area (Å²) in [6.07, 6.45) is 0. The molecule has 3 aromatic rings. The maximum Gasteiger partial charge on any atom is 0.283 e. The largest absolute Gasteiger partial charge is 0.456 e. The first-order chi connectivity index (χ1) is 7.83. The van der Waals surface area contributed by atoms with E-state index >= 15 is 0 Å². The molecule has 3 aromatic heterocycles. The summed E-state index contributed by atoms with van der Waals surface area (Å²) in [5.41, 5.74) is 0. The third kappa shape index (κ3) is 1.55. The smallest absolute Gasteiger partial charge is 0.283 e. The molecule has 0 N–H and O–H groups in total. The highest BCUT2D eigenvalue weighted by Gasteiger charge is 2.13. The van der Waals surface area contributed by atoms with Crippen molar-refractivity contribution in [3.8, 4) is 22.4 Å². The van der Waals surface area contributed by atoms with Crippen molar-refractivity contribution in [2.75, 3.05) is 0 Å². The third-order valence-corrected chi connectivity index (χ3v) is 2.97. The van der Waals surface area contributed by atoms with Crippen LogP contribution in [0.2, 0.25) is 0 Å². The quantitative estimate of drug-likeness (QED) is 0.679. The second kappa shape index (κ2) is 3.61. The standard InChI is InChI=1S/C11H8N2O2S/c1-7-4-5-8(14-7)10-12-13-11(15-10)9-3-2-6-16-9/h2-6H,1H3. The molecule has 0 saturated carbocycles. The normalized spacial score (nSPS) is 10.8. The number of thiophene rings is 1. The Kier molecular flexibility index (Phi) is 2.11. The minimum absolute atomic E-state index is 0.413. The number of aryl methyl sites for hydroxylation is 1. The van der Waals surface area contributed by atoms with Crippen LogP contribution >= 0.6 is 11.3 Å². The van der Waals surface area contributed by atoms with E-state index in [0.29, 0.717) is 17.5 Å². The van der Waals surface area contributed by atoms with E-state index in [1.165, 1.54) is 0 Å². The summed E-state index contributed by atoms with van der Waals surface area (Å²) >= 11 is 1.56. The fourth-order valence-electron chi connectivity index (χ4n) is 1.37. The van der Waals surface area contributed by atoms with Gasteiger partial charge in [0.2, 0.25) is 0 Å². The van der Waals surface area contributed by atoms with Crippen molar-refractivity contribution in [1.29, 1.82) is 0 Å². The molecular weight excluding hydrogens is 224 g/mol. The second-order valence-corrected chi connectivity index (χ2v) is 4.25. The van der Waals surface area contributed by atoms with Crippen molar-refractivity contribution in [2.24, 2.45) is 0 Å². The minimum atomic E-state index is 0.413. The minimum Gasteiger partial charge on any atom is -0.456 e. The lowest BCUT2D eigenvalue weighted by atomic mass is 10.4. The Balaban J connectivity index is 2.00. The average Bonchev–Trinajstić information content (AvgIpc) is 2.97. The fraction of sp³-hybridized carbons (Fsp3) is 0.0909. The van der Waals surface area contributed by atoms with Crippen LogP contribution in [0, 0.1) is 6.92 Å². The molecule has 0 bridgehead atoms. The molecule has 0 atom stereocenters. The molecule has 0 saturated heterocycles. The van der Waals surface area contributed by atoms with E-state index in [-0.39, 0.29) is 0 Å². The first-order valence-corrected chi connectivity index (χ1v) is 5.65. The van der Waals surface area contributed by atoms with Gasteiger partial charge in [-0.25, -0.2) is 0 Å². The number of nitrogens with zero attached hydrogens (tertiary/aromatic N) is 2. The lowest BCUT2D eigenvalue weighted by molar-refractivity contribution is 0.506. The molecule has 0 aliphatic rings. The van der Waals surface area contributed by atoms with Crippen LogP contribution in [0.15, 0.2) is 38.5 Å². The summed E-state index contributed by atoms with van der Waals surface area (Å²) in [5.74, 6) is 2.37. The molecule has 0 fully saturated rings. The summed E-state index contributed by atoms with van der Waals surface area (Å²) in [6, 6.07) is 7.57. The van der Waals surface area contributed by atoms with E-state index in [1.54, 1.807) is 11.3 Å². The molecule has 0 aliphatic carbocycles. The van der Waals surface area contributed by atoms with Crippen molar-refractivity contribution in [3.05, 3.63) is 35.4 Å². The van der Waals surface area contributed by atoms with E-state index in [0.717, 1.165) is 10.6 Å². The fourth-order valence-corrected chi connectivity index (χ4v) is 2.02. The highest BCUT2D eigenvalue weighted by Crippen LogP contribution is 2.27. The van der Waals surface area contributed by atoms with Gasteiger partial charge in [0, 0.05) is 0 Å². The molecule has 3 heterocycles. The molecule has 0 aliphatic heterocycles. The first kappa shape index (κ1) is 9.35. The molecule has 0 radical (unpaired) electrons. The Morgan fingerprint density at radius 2 is 1.94 bits per heavy atom. The Hall–Kier alpha value is -1.88. The zero-order valence-electron chi connectivity index (χ0n) is 8.51. The van der Waals surface area contributed by atoms with E-state index in [1.807, 2.05) is 36.6 Å². The van der Waals surface area contributed by atoms with Gasteiger partial charge in [0.15, 0.2) is 5.76 Å². The van der Waals surface area contributed by atoms with Crippen LogP contribution in [-0.4, -0.2) is 10.2 Å². The van der Waals surface area contributed by atoms with E-state index in [4.69, 9.17) is 8.83 Å². The number of furan rings is 1. The first-order valence-electron chi connectivity index (χ1n) is 4.77. The summed E-state index contributed by atoms with van der Waals surface area (Å²) < 4.78 is 10.9. The highest BCUT2D eigenvalue weighted by molar-refractivity contribution is 7.13. The predicted octanol–water partition coefficient (Wildman–Crippen LogP) is 3.37. The molecule has 0 aromatic carbocycles. The van der Waals surface area contributed by atoms with Gasteiger partial charge in [0.25, 0.3) is 11.8 Å². The molecule has 80 valence electrons. The number of hydrogen-bond donors (Lipinski definition) is 0. The van der Waals surface area contributed by atoms with Crippen molar-refractivity contribution < 1.29 is 8.83 Å². The summed E-state index contributed by atoms with van der Waals surface area (Å²) in [6.45, 7) is 1.88. The molecular formula is C11H8N2O2S. The molecule has 4 nitrogen and oxygen atoms in total. The van der Waals surface area contributed by atoms with Gasteiger partial charge in [0.1, 0.15) is 5.76 Å². The van der Waals surface area contributed by atoms with E-state index in [2.05, 4.69) is 10.2 Å². The number of aromatic nitrogens is 2. The van der Waals surface area contributed by atoms with E-state index in [9.17, 15) is 0 Å². The van der Waals surface area contributed by atoms with E-state index < -0.39 is 0 Å². The van der Waals surface area contributed by atoms with Gasteiger partial charge in [-0.05, 0) is 30.5 Å². The van der Waals surface area contributed by atoms with Crippen LogP contribution in [0.4, 0.5) is 0 Å². The Morgan fingerprint density at radius 1 is 1.06 bits per heavy atom. The van der Waals surface area contributed by atoms with Gasteiger partial charge in [-0.15, -0.1) is 21.5 Å². The van der Waals surface area contributed by atoms with Crippen molar-refractivity contribution in [3.63, 3.8) is 0 Å². The predicted molar refractivity (Wildman–Crippen MR) is 60.1 cm³/mol. The summed E-state index contributed by atoms with van der Waals surface area (Å²) in [5, 5.41) is 9.90. The zero-order chi connectivity index (χ0) is 11.0. The van der Waals surface area contributed by atoms with Gasteiger partial charge in [-0.1, -0.05) is 6.07 Å². The van der Waals surface area contributed by atoms with Crippen LogP contribution in [-0.2, 0) is 0 Å². The number of hydrogen-bond acceptors (Lipinski definition) is 5. The molecule has 0 unspecified atom stereocenters.